The predicted molar refractivity (Wildman–Crippen MR) is 83.1 cm³/mol. The molecule has 0 aliphatic heterocycles. The minimum atomic E-state index is 0.600. The first kappa shape index (κ1) is 14.6. The third kappa shape index (κ3) is 3.29. The number of hydrogen-bond acceptors (Lipinski definition) is 5. The van der Waals surface area contributed by atoms with E-state index in [4.69, 9.17) is 10.8 Å². The molecule has 0 spiro atoms. The molecule has 0 saturated heterocycles. The lowest BCUT2D eigenvalue weighted by Gasteiger charge is -2.09. The minimum absolute atomic E-state index is 0.600. The first-order valence-corrected chi connectivity index (χ1v) is 8.53. The fraction of sp³-hybridized carbons (Fsp3) is 0.643. The molecule has 1 aliphatic rings. The molecule has 2 heterocycles. The number of aryl methyl sites for hydroxylation is 1. The fourth-order valence-corrected chi connectivity index (χ4v) is 3.73. The molecular formula is C14H22N6S. The lowest BCUT2D eigenvalue weighted by atomic mass is 10.3. The first-order chi connectivity index (χ1) is 10.3. The highest BCUT2D eigenvalue weighted by molar-refractivity contribution is 7.98. The molecule has 2 aromatic rings. The van der Waals surface area contributed by atoms with E-state index in [0.717, 1.165) is 29.0 Å². The zero-order valence-electron chi connectivity index (χ0n) is 12.4. The molecule has 21 heavy (non-hydrogen) atoms. The van der Waals surface area contributed by atoms with Gasteiger partial charge in [0.2, 0.25) is 0 Å². The van der Waals surface area contributed by atoms with Crippen molar-refractivity contribution in [2.75, 3.05) is 6.54 Å². The van der Waals surface area contributed by atoms with Gasteiger partial charge in [0.15, 0.2) is 5.16 Å². The quantitative estimate of drug-likeness (QED) is 0.828. The van der Waals surface area contributed by atoms with Gasteiger partial charge in [0.1, 0.15) is 5.82 Å². The van der Waals surface area contributed by atoms with Crippen molar-refractivity contribution in [1.82, 2.24) is 24.5 Å². The van der Waals surface area contributed by atoms with Crippen LogP contribution in [0.5, 0.6) is 0 Å². The van der Waals surface area contributed by atoms with Crippen LogP contribution in [0, 0.1) is 6.92 Å². The predicted octanol–water partition coefficient (Wildman–Crippen LogP) is 2.15. The smallest absolute Gasteiger partial charge is 0.191 e. The minimum Gasteiger partial charge on any atom is -0.329 e. The molecule has 7 heteroatoms. The Morgan fingerprint density at radius 1 is 1.33 bits per heavy atom. The van der Waals surface area contributed by atoms with Crippen molar-refractivity contribution >= 4 is 11.8 Å². The van der Waals surface area contributed by atoms with Crippen LogP contribution >= 0.6 is 11.8 Å². The molecule has 2 aromatic heterocycles. The molecule has 1 fully saturated rings. The van der Waals surface area contributed by atoms with Gasteiger partial charge < -0.3 is 10.3 Å². The Morgan fingerprint density at radius 3 is 2.90 bits per heavy atom. The third-order valence-electron chi connectivity index (χ3n) is 3.97. The van der Waals surface area contributed by atoms with Gasteiger partial charge in [-0.1, -0.05) is 24.6 Å². The van der Waals surface area contributed by atoms with Crippen LogP contribution in [0.1, 0.15) is 43.2 Å². The summed E-state index contributed by atoms with van der Waals surface area (Å²) in [7, 11) is 0. The number of hydrogen-bond donors (Lipinski definition) is 1. The second-order valence-corrected chi connectivity index (χ2v) is 6.43. The molecule has 0 radical (unpaired) electrons. The van der Waals surface area contributed by atoms with E-state index in [1.807, 2.05) is 6.92 Å². The molecule has 0 amide bonds. The SMILES string of the molecule is Cc1nnc(SCc2ccn(C3CCCC3)n2)n1CCN. The van der Waals surface area contributed by atoms with E-state index in [2.05, 4.69) is 31.7 Å². The van der Waals surface area contributed by atoms with Crippen molar-refractivity contribution in [3.8, 4) is 0 Å². The second-order valence-electron chi connectivity index (χ2n) is 5.48. The Bertz CT molecular complexity index is 584. The fourth-order valence-electron chi connectivity index (χ4n) is 2.82. The van der Waals surface area contributed by atoms with Gasteiger partial charge in [-0.15, -0.1) is 10.2 Å². The van der Waals surface area contributed by atoms with Gasteiger partial charge in [0, 0.05) is 25.0 Å². The van der Waals surface area contributed by atoms with E-state index >= 15 is 0 Å². The van der Waals surface area contributed by atoms with Crippen molar-refractivity contribution in [2.45, 2.75) is 56.1 Å². The average molecular weight is 306 g/mol. The summed E-state index contributed by atoms with van der Waals surface area (Å²) < 4.78 is 4.21. The summed E-state index contributed by atoms with van der Waals surface area (Å²) in [5, 5.41) is 14.0. The average Bonchev–Trinajstić information content (AvgIpc) is 3.19. The van der Waals surface area contributed by atoms with Crippen molar-refractivity contribution in [3.63, 3.8) is 0 Å². The van der Waals surface area contributed by atoms with Gasteiger partial charge in [-0.3, -0.25) is 4.68 Å². The maximum atomic E-state index is 5.64. The lowest BCUT2D eigenvalue weighted by molar-refractivity contribution is 0.464. The van der Waals surface area contributed by atoms with Gasteiger partial charge in [0.05, 0.1) is 11.7 Å². The highest BCUT2D eigenvalue weighted by Gasteiger charge is 2.17. The molecule has 2 N–H and O–H groups in total. The highest BCUT2D eigenvalue weighted by atomic mass is 32.2. The molecule has 114 valence electrons. The summed E-state index contributed by atoms with van der Waals surface area (Å²) in [6.45, 7) is 3.32. The number of aromatic nitrogens is 5. The van der Waals surface area contributed by atoms with Gasteiger partial charge in [-0.2, -0.15) is 5.10 Å². The Hall–Kier alpha value is -1.34. The standard InChI is InChI=1S/C14H22N6S/c1-11-16-17-14(19(11)9-7-15)21-10-12-6-8-20(18-12)13-4-2-3-5-13/h6,8,13H,2-5,7,9-10,15H2,1H3. The molecule has 0 bridgehead atoms. The number of thioether (sulfide) groups is 1. The Kier molecular flexibility index (Phi) is 4.60. The van der Waals surface area contributed by atoms with Crippen molar-refractivity contribution < 1.29 is 0 Å². The van der Waals surface area contributed by atoms with Crippen molar-refractivity contribution in [1.29, 1.82) is 0 Å². The molecule has 0 unspecified atom stereocenters. The summed E-state index contributed by atoms with van der Waals surface area (Å²) in [5.41, 5.74) is 6.74. The van der Waals surface area contributed by atoms with E-state index in [1.54, 1.807) is 11.8 Å². The van der Waals surface area contributed by atoms with Gasteiger partial charge in [0.25, 0.3) is 0 Å². The summed E-state index contributed by atoms with van der Waals surface area (Å²) in [4.78, 5) is 0. The lowest BCUT2D eigenvalue weighted by Crippen LogP contribution is -2.12. The third-order valence-corrected chi connectivity index (χ3v) is 4.97. The summed E-state index contributed by atoms with van der Waals surface area (Å²) >= 11 is 1.67. The molecule has 0 aromatic carbocycles. The number of nitrogens with zero attached hydrogens (tertiary/aromatic N) is 5. The van der Waals surface area contributed by atoms with Crippen molar-refractivity contribution in [3.05, 3.63) is 23.8 Å². The monoisotopic (exact) mass is 306 g/mol. The van der Waals surface area contributed by atoms with Gasteiger partial charge in [-0.25, -0.2) is 0 Å². The number of rotatable bonds is 6. The van der Waals surface area contributed by atoms with E-state index < -0.39 is 0 Å². The van der Waals surface area contributed by atoms with E-state index in [1.165, 1.54) is 25.7 Å². The van der Waals surface area contributed by atoms with E-state index in [0.29, 0.717) is 12.6 Å². The zero-order chi connectivity index (χ0) is 14.7. The summed E-state index contributed by atoms with van der Waals surface area (Å²) in [6.07, 6.45) is 7.30. The van der Waals surface area contributed by atoms with Crippen molar-refractivity contribution in [2.24, 2.45) is 5.73 Å². The number of nitrogens with two attached hydrogens (primary N) is 1. The van der Waals surface area contributed by atoms with Crippen LogP contribution in [0.4, 0.5) is 0 Å². The molecule has 1 saturated carbocycles. The van der Waals surface area contributed by atoms with Crippen LogP contribution in [-0.2, 0) is 12.3 Å². The maximum absolute atomic E-state index is 5.64. The molecule has 0 atom stereocenters. The van der Waals surface area contributed by atoms with Crippen LogP contribution < -0.4 is 5.73 Å². The topological polar surface area (TPSA) is 74.5 Å². The van der Waals surface area contributed by atoms with E-state index in [-0.39, 0.29) is 0 Å². The summed E-state index contributed by atoms with van der Waals surface area (Å²) in [5.74, 6) is 1.74. The van der Waals surface area contributed by atoms with Crippen LogP contribution in [0.3, 0.4) is 0 Å². The van der Waals surface area contributed by atoms with Crippen LogP contribution in [0.25, 0.3) is 0 Å². The second kappa shape index (κ2) is 6.62. The zero-order valence-corrected chi connectivity index (χ0v) is 13.2. The van der Waals surface area contributed by atoms with Crippen LogP contribution in [-0.4, -0.2) is 31.1 Å². The molecule has 6 nitrogen and oxygen atoms in total. The van der Waals surface area contributed by atoms with Crippen LogP contribution in [0.2, 0.25) is 0 Å². The normalized spacial score (nSPS) is 15.9. The van der Waals surface area contributed by atoms with Gasteiger partial charge in [-0.05, 0) is 25.8 Å². The Balaban J connectivity index is 1.62. The Labute approximate surface area is 129 Å². The van der Waals surface area contributed by atoms with Gasteiger partial charge >= 0.3 is 0 Å². The highest BCUT2D eigenvalue weighted by Crippen LogP contribution is 2.29. The first-order valence-electron chi connectivity index (χ1n) is 7.54. The molecule has 1 aliphatic carbocycles. The summed E-state index contributed by atoms with van der Waals surface area (Å²) in [6, 6.07) is 2.72. The van der Waals surface area contributed by atoms with Crippen LogP contribution in [0.15, 0.2) is 17.4 Å². The van der Waals surface area contributed by atoms with E-state index in [9.17, 15) is 0 Å². The molecule has 3 rings (SSSR count). The maximum Gasteiger partial charge on any atom is 0.191 e. The largest absolute Gasteiger partial charge is 0.329 e. The molecular weight excluding hydrogens is 284 g/mol. The Morgan fingerprint density at radius 2 is 2.14 bits per heavy atom.